The van der Waals surface area contributed by atoms with Gasteiger partial charge in [-0.15, -0.1) is 0 Å². The molecule has 0 aromatic carbocycles. The van der Waals surface area contributed by atoms with Crippen LogP contribution in [0.5, 0.6) is 0 Å². The summed E-state index contributed by atoms with van der Waals surface area (Å²) < 4.78 is 42.2. The van der Waals surface area contributed by atoms with Gasteiger partial charge in [0, 0.05) is 31.0 Å². The van der Waals surface area contributed by atoms with Gasteiger partial charge in [0.25, 0.3) is 5.56 Å². The fraction of sp³-hybridized carbons (Fsp3) is 0.412. The molecule has 0 bridgehead atoms. The first-order chi connectivity index (χ1) is 12.5. The number of aromatic nitrogens is 3. The van der Waals surface area contributed by atoms with Crippen molar-refractivity contribution in [3.8, 4) is 17.5 Å². The fourth-order valence-corrected chi connectivity index (χ4v) is 3.04. The second-order valence-electron chi connectivity index (χ2n) is 5.99. The molecule has 1 fully saturated rings. The first-order valence-electron chi connectivity index (χ1n) is 8.15. The van der Waals surface area contributed by atoms with Crippen molar-refractivity contribution in [1.82, 2.24) is 14.6 Å². The van der Waals surface area contributed by atoms with Crippen molar-refractivity contribution in [3.05, 3.63) is 46.1 Å². The van der Waals surface area contributed by atoms with Crippen LogP contribution in [0.2, 0.25) is 0 Å². The number of hydrogen-bond acceptors (Lipinski definition) is 5. The molecular weight excluding hydrogens is 347 g/mol. The quantitative estimate of drug-likeness (QED) is 0.834. The standard InChI is InChI=1S/C17H16F3N5O/c18-11-17(19,20)13-8-15(14-10-22-4-5-23-14)25(16(26)12(13)9-21)24-6-2-1-3-7-24/h4-5,8,10H,1-3,6-7,11H2. The van der Waals surface area contributed by atoms with Crippen molar-refractivity contribution < 1.29 is 13.2 Å². The molecule has 2 aromatic rings. The Balaban J connectivity index is 2.32. The van der Waals surface area contributed by atoms with E-state index in [1.807, 2.05) is 0 Å². The van der Waals surface area contributed by atoms with Gasteiger partial charge in [-0.2, -0.15) is 14.0 Å². The topological polar surface area (TPSA) is 74.8 Å². The number of rotatable bonds is 4. The van der Waals surface area contributed by atoms with Gasteiger partial charge in [0.2, 0.25) is 0 Å². The lowest BCUT2D eigenvalue weighted by molar-refractivity contribution is -0.0285. The van der Waals surface area contributed by atoms with E-state index in [4.69, 9.17) is 0 Å². The summed E-state index contributed by atoms with van der Waals surface area (Å²) in [5, 5.41) is 11.0. The Kier molecular flexibility index (Phi) is 4.93. The summed E-state index contributed by atoms with van der Waals surface area (Å²) in [6, 6.07) is 2.49. The summed E-state index contributed by atoms with van der Waals surface area (Å²) in [7, 11) is 0. The molecule has 26 heavy (non-hydrogen) atoms. The highest BCUT2D eigenvalue weighted by atomic mass is 19.3. The monoisotopic (exact) mass is 363 g/mol. The van der Waals surface area contributed by atoms with Crippen molar-refractivity contribution in [3.63, 3.8) is 0 Å². The lowest BCUT2D eigenvalue weighted by atomic mass is 10.0. The number of hydrogen-bond donors (Lipinski definition) is 0. The summed E-state index contributed by atoms with van der Waals surface area (Å²) in [5.74, 6) is -3.94. The van der Waals surface area contributed by atoms with Crippen LogP contribution in [0, 0.1) is 11.3 Å². The number of nitrogens with zero attached hydrogens (tertiary/aromatic N) is 5. The Morgan fingerprint density at radius 1 is 1.23 bits per heavy atom. The SMILES string of the molecule is N#Cc1c(C(F)(F)CF)cc(-c2cnccn2)n(N2CCCCC2)c1=O. The Hall–Kier alpha value is -2.89. The van der Waals surface area contributed by atoms with Gasteiger partial charge in [-0.3, -0.25) is 14.8 Å². The van der Waals surface area contributed by atoms with Crippen LogP contribution in [0.25, 0.3) is 11.4 Å². The van der Waals surface area contributed by atoms with Gasteiger partial charge in [-0.05, 0) is 25.3 Å². The van der Waals surface area contributed by atoms with Crippen LogP contribution >= 0.6 is 0 Å². The van der Waals surface area contributed by atoms with E-state index in [2.05, 4.69) is 9.97 Å². The molecule has 2 aromatic heterocycles. The lowest BCUT2D eigenvalue weighted by Gasteiger charge is -2.32. The van der Waals surface area contributed by atoms with Crippen LogP contribution in [0.4, 0.5) is 13.2 Å². The molecule has 0 amide bonds. The highest BCUT2D eigenvalue weighted by molar-refractivity contribution is 5.58. The molecular formula is C17H16F3N5O. The first kappa shape index (κ1) is 17.9. The Bertz CT molecular complexity index is 886. The van der Waals surface area contributed by atoms with Gasteiger partial charge < -0.3 is 5.01 Å². The summed E-state index contributed by atoms with van der Waals surface area (Å²) >= 11 is 0. The zero-order valence-corrected chi connectivity index (χ0v) is 13.8. The highest BCUT2D eigenvalue weighted by Crippen LogP contribution is 2.32. The predicted octanol–water partition coefficient (Wildman–Crippen LogP) is 2.36. The molecule has 1 saturated heterocycles. The molecule has 0 spiro atoms. The molecule has 6 nitrogen and oxygen atoms in total. The maximum Gasteiger partial charge on any atom is 0.302 e. The molecule has 136 valence electrons. The van der Waals surface area contributed by atoms with E-state index in [1.54, 1.807) is 5.01 Å². The molecule has 0 aliphatic carbocycles. The molecule has 0 N–H and O–H groups in total. The molecule has 3 heterocycles. The maximum atomic E-state index is 14.1. The summed E-state index contributed by atoms with van der Waals surface area (Å²) in [5.41, 5.74) is -2.34. The van der Waals surface area contributed by atoms with Crippen molar-refractivity contribution >= 4 is 0 Å². The van der Waals surface area contributed by atoms with Gasteiger partial charge in [-0.1, -0.05) is 0 Å². The minimum atomic E-state index is -3.94. The van der Waals surface area contributed by atoms with Gasteiger partial charge in [0.1, 0.15) is 17.3 Å². The van der Waals surface area contributed by atoms with Crippen molar-refractivity contribution in [2.24, 2.45) is 0 Å². The summed E-state index contributed by atoms with van der Waals surface area (Å²) in [4.78, 5) is 20.9. The third-order valence-corrected chi connectivity index (χ3v) is 4.30. The van der Waals surface area contributed by atoms with E-state index in [0.29, 0.717) is 13.1 Å². The van der Waals surface area contributed by atoms with Gasteiger partial charge in [0.05, 0.1) is 11.9 Å². The lowest BCUT2D eigenvalue weighted by Crippen LogP contribution is -2.47. The summed E-state index contributed by atoms with van der Waals surface area (Å²) in [6.07, 6.45) is 6.76. The van der Waals surface area contributed by atoms with Gasteiger partial charge >= 0.3 is 5.92 Å². The van der Waals surface area contributed by atoms with Crippen LogP contribution in [-0.2, 0) is 5.92 Å². The molecule has 1 aliphatic rings. The average molecular weight is 363 g/mol. The largest absolute Gasteiger partial charge is 0.309 e. The van der Waals surface area contributed by atoms with Crippen molar-refractivity contribution in [1.29, 1.82) is 5.26 Å². The third-order valence-electron chi connectivity index (χ3n) is 4.30. The molecule has 3 rings (SSSR count). The van der Waals surface area contributed by atoms with Crippen LogP contribution in [-0.4, -0.2) is 34.4 Å². The normalized spacial score (nSPS) is 14.9. The van der Waals surface area contributed by atoms with Gasteiger partial charge in [0.15, 0.2) is 6.67 Å². The van der Waals surface area contributed by atoms with Crippen molar-refractivity contribution in [2.75, 3.05) is 24.8 Å². The van der Waals surface area contributed by atoms with Gasteiger partial charge in [-0.25, -0.2) is 9.07 Å². The smallest absolute Gasteiger partial charge is 0.302 e. The molecule has 0 radical (unpaired) electrons. The van der Waals surface area contributed by atoms with Crippen molar-refractivity contribution in [2.45, 2.75) is 25.2 Å². The number of nitriles is 1. The van der Waals surface area contributed by atoms with E-state index in [0.717, 1.165) is 25.3 Å². The average Bonchev–Trinajstić information content (AvgIpc) is 2.68. The van der Waals surface area contributed by atoms with Crippen LogP contribution < -0.4 is 10.6 Å². The summed E-state index contributed by atoms with van der Waals surface area (Å²) in [6.45, 7) is -0.928. The predicted molar refractivity (Wildman–Crippen MR) is 88.1 cm³/mol. The number of piperidine rings is 1. The minimum absolute atomic E-state index is 0.0622. The Morgan fingerprint density at radius 3 is 2.54 bits per heavy atom. The van der Waals surface area contributed by atoms with E-state index < -0.39 is 29.3 Å². The molecule has 0 unspecified atom stereocenters. The molecule has 0 atom stereocenters. The second kappa shape index (κ2) is 7.15. The zero-order chi connectivity index (χ0) is 18.7. The Morgan fingerprint density at radius 2 is 1.96 bits per heavy atom. The van der Waals surface area contributed by atoms with E-state index >= 15 is 0 Å². The van der Waals surface area contributed by atoms with E-state index in [-0.39, 0.29) is 11.4 Å². The third kappa shape index (κ3) is 3.14. The highest BCUT2D eigenvalue weighted by Gasteiger charge is 2.37. The van der Waals surface area contributed by atoms with Crippen LogP contribution in [0.3, 0.4) is 0 Å². The Labute approximate surface area is 147 Å². The molecule has 0 saturated carbocycles. The molecule has 9 heteroatoms. The minimum Gasteiger partial charge on any atom is -0.309 e. The number of halogens is 3. The van der Waals surface area contributed by atoms with E-state index in [9.17, 15) is 23.2 Å². The van der Waals surface area contributed by atoms with E-state index in [1.165, 1.54) is 29.3 Å². The van der Waals surface area contributed by atoms with Crippen LogP contribution in [0.15, 0.2) is 29.5 Å². The number of pyridine rings is 1. The fourth-order valence-electron chi connectivity index (χ4n) is 3.04. The second-order valence-corrected chi connectivity index (χ2v) is 5.99. The molecule has 1 aliphatic heterocycles. The number of alkyl halides is 3. The van der Waals surface area contributed by atoms with Crippen LogP contribution in [0.1, 0.15) is 30.4 Å². The maximum absolute atomic E-state index is 14.1. The first-order valence-corrected chi connectivity index (χ1v) is 8.15. The zero-order valence-electron chi connectivity index (χ0n) is 13.8.